The maximum Gasteiger partial charge on any atom is 0.184 e. The molecule has 1 aliphatic heterocycles. The van der Waals surface area contributed by atoms with E-state index in [9.17, 15) is 0 Å². The first-order valence-corrected chi connectivity index (χ1v) is 8.45. The SMILES string of the molecule is Cn1ccc(-c2nnc3n2CCN(Cc2cccc(Cl)c2Cl)C3)n1. The zero-order valence-corrected chi connectivity index (χ0v) is 14.7. The van der Waals surface area contributed by atoms with E-state index < -0.39 is 0 Å². The van der Waals surface area contributed by atoms with Gasteiger partial charge in [-0.3, -0.25) is 9.58 Å². The van der Waals surface area contributed by atoms with Crippen LogP contribution in [0.25, 0.3) is 11.5 Å². The number of hydrogen-bond donors (Lipinski definition) is 0. The fourth-order valence-electron chi connectivity index (χ4n) is 2.98. The molecule has 8 heteroatoms. The lowest BCUT2D eigenvalue weighted by Gasteiger charge is -2.27. The van der Waals surface area contributed by atoms with E-state index in [1.165, 1.54) is 0 Å². The summed E-state index contributed by atoms with van der Waals surface area (Å²) in [4.78, 5) is 2.30. The van der Waals surface area contributed by atoms with Gasteiger partial charge < -0.3 is 4.57 Å². The Morgan fingerprint density at radius 2 is 2.00 bits per heavy atom. The Balaban J connectivity index is 1.55. The van der Waals surface area contributed by atoms with Crippen LogP contribution in [0.1, 0.15) is 11.4 Å². The molecular weight excluding hydrogens is 347 g/mol. The van der Waals surface area contributed by atoms with Crippen LogP contribution in [0.4, 0.5) is 0 Å². The van der Waals surface area contributed by atoms with Gasteiger partial charge in [0.05, 0.1) is 16.6 Å². The quantitative estimate of drug-likeness (QED) is 0.718. The summed E-state index contributed by atoms with van der Waals surface area (Å²) in [5.74, 6) is 1.77. The minimum Gasteiger partial charge on any atom is -0.307 e. The van der Waals surface area contributed by atoms with Crippen molar-refractivity contribution in [1.82, 2.24) is 29.4 Å². The average molecular weight is 363 g/mol. The van der Waals surface area contributed by atoms with Gasteiger partial charge in [0.2, 0.25) is 0 Å². The van der Waals surface area contributed by atoms with Crippen LogP contribution in [0.3, 0.4) is 0 Å². The number of rotatable bonds is 3. The molecule has 0 spiro atoms. The van der Waals surface area contributed by atoms with Crippen LogP contribution in [0.2, 0.25) is 10.0 Å². The first-order chi connectivity index (χ1) is 11.6. The average Bonchev–Trinajstić information content (AvgIpc) is 3.17. The molecule has 1 aliphatic rings. The smallest absolute Gasteiger partial charge is 0.184 e. The minimum atomic E-state index is 0.590. The van der Waals surface area contributed by atoms with Crippen LogP contribution in [0, 0.1) is 0 Å². The standard InChI is InChI=1S/C16H16Cl2N6/c1-22-6-5-13(21-22)16-20-19-14-10-23(7-8-24(14)16)9-11-3-2-4-12(17)15(11)18/h2-6H,7-10H2,1H3. The van der Waals surface area contributed by atoms with E-state index >= 15 is 0 Å². The topological polar surface area (TPSA) is 51.8 Å². The summed E-state index contributed by atoms with van der Waals surface area (Å²) in [5.41, 5.74) is 1.88. The third-order valence-electron chi connectivity index (χ3n) is 4.20. The van der Waals surface area contributed by atoms with Gasteiger partial charge >= 0.3 is 0 Å². The van der Waals surface area contributed by atoms with Crippen molar-refractivity contribution in [1.29, 1.82) is 0 Å². The Morgan fingerprint density at radius 1 is 1.12 bits per heavy atom. The third kappa shape index (κ3) is 2.81. The molecule has 3 heterocycles. The van der Waals surface area contributed by atoms with E-state index in [2.05, 4.69) is 24.8 Å². The van der Waals surface area contributed by atoms with Crippen molar-refractivity contribution in [2.45, 2.75) is 19.6 Å². The summed E-state index contributed by atoms with van der Waals surface area (Å²) >= 11 is 12.4. The molecule has 0 aliphatic carbocycles. The molecule has 124 valence electrons. The fraction of sp³-hybridized carbons (Fsp3) is 0.312. The highest BCUT2D eigenvalue weighted by Crippen LogP contribution is 2.28. The number of aromatic nitrogens is 5. The molecule has 0 amide bonds. The lowest BCUT2D eigenvalue weighted by Crippen LogP contribution is -2.33. The lowest BCUT2D eigenvalue weighted by molar-refractivity contribution is 0.209. The van der Waals surface area contributed by atoms with Crippen LogP contribution >= 0.6 is 23.2 Å². The number of benzene rings is 1. The van der Waals surface area contributed by atoms with Crippen molar-refractivity contribution in [3.05, 3.63) is 51.9 Å². The Kier molecular flexibility index (Phi) is 4.04. The van der Waals surface area contributed by atoms with Gasteiger partial charge in [0, 0.05) is 32.9 Å². The van der Waals surface area contributed by atoms with Crippen molar-refractivity contribution < 1.29 is 0 Å². The van der Waals surface area contributed by atoms with Gasteiger partial charge in [-0.2, -0.15) is 5.10 Å². The van der Waals surface area contributed by atoms with Crippen molar-refractivity contribution >= 4 is 23.2 Å². The Morgan fingerprint density at radius 3 is 2.79 bits per heavy atom. The summed E-state index contributed by atoms with van der Waals surface area (Å²) in [5, 5.41) is 14.3. The predicted molar refractivity (Wildman–Crippen MR) is 92.8 cm³/mol. The highest BCUT2D eigenvalue weighted by molar-refractivity contribution is 6.42. The van der Waals surface area contributed by atoms with E-state index in [0.29, 0.717) is 10.0 Å². The van der Waals surface area contributed by atoms with Crippen molar-refractivity contribution in [3.63, 3.8) is 0 Å². The van der Waals surface area contributed by atoms with E-state index in [1.54, 1.807) is 10.7 Å². The second-order valence-electron chi connectivity index (χ2n) is 5.89. The molecule has 1 aromatic carbocycles. The molecule has 6 nitrogen and oxygen atoms in total. The molecule has 0 atom stereocenters. The van der Waals surface area contributed by atoms with E-state index in [0.717, 1.165) is 49.1 Å². The summed E-state index contributed by atoms with van der Waals surface area (Å²) in [6, 6.07) is 7.69. The van der Waals surface area contributed by atoms with Gasteiger partial charge in [-0.25, -0.2) is 0 Å². The molecule has 0 bridgehead atoms. The fourth-order valence-corrected chi connectivity index (χ4v) is 3.36. The Hall–Kier alpha value is -1.89. The number of halogens is 2. The molecule has 0 N–H and O–H groups in total. The van der Waals surface area contributed by atoms with Gasteiger partial charge in [0.1, 0.15) is 11.5 Å². The number of fused-ring (bicyclic) bond motifs is 1. The normalized spacial score (nSPS) is 14.8. The van der Waals surface area contributed by atoms with Crippen molar-refractivity contribution in [2.24, 2.45) is 7.05 Å². The first kappa shape index (κ1) is 15.6. The molecule has 0 radical (unpaired) electrons. The summed E-state index contributed by atoms with van der Waals surface area (Å²) in [6.07, 6.45) is 1.91. The van der Waals surface area contributed by atoms with Crippen LogP contribution in [0.5, 0.6) is 0 Å². The lowest BCUT2D eigenvalue weighted by atomic mass is 10.2. The van der Waals surface area contributed by atoms with Crippen LogP contribution in [-0.2, 0) is 26.7 Å². The summed E-state index contributed by atoms with van der Waals surface area (Å²) in [6.45, 7) is 3.19. The third-order valence-corrected chi connectivity index (χ3v) is 5.06. The Labute approximate surface area is 149 Å². The molecule has 2 aromatic heterocycles. The predicted octanol–water partition coefficient (Wildman–Crippen LogP) is 3.00. The number of aryl methyl sites for hydroxylation is 1. The molecular formula is C16H16Cl2N6. The van der Waals surface area contributed by atoms with E-state index in [-0.39, 0.29) is 0 Å². The number of nitrogens with zero attached hydrogens (tertiary/aromatic N) is 6. The monoisotopic (exact) mass is 362 g/mol. The first-order valence-electron chi connectivity index (χ1n) is 7.69. The molecule has 4 rings (SSSR count). The molecule has 24 heavy (non-hydrogen) atoms. The second-order valence-corrected chi connectivity index (χ2v) is 6.67. The highest BCUT2D eigenvalue weighted by Gasteiger charge is 2.23. The molecule has 3 aromatic rings. The zero-order valence-electron chi connectivity index (χ0n) is 13.2. The highest BCUT2D eigenvalue weighted by atomic mass is 35.5. The van der Waals surface area contributed by atoms with Crippen molar-refractivity contribution in [3.8, 4) is 11.5 Å². The van der Waals surface area contributed by atoms with Gasteiger partial charge in [-0.05, 0) is 17.7 Å². The zero-order chi connectivity index (χ0) is 16.7. The Bertz CT molecular complexity index is 885. The number of hydrogen-bond acceptors (Lipinski definition) is 4. The maximum absolute atomic E-state index is 6.30. The van der Waals surface area contributed by atoms with Gasteiger partial charge in [0.25, 0.3) is 0 Å². The largest absolute Gasteiger partial charge is 0.307 e. The molecule has 0 fully saturated rings. The summed E-state index contributed by atoms with van der Waals surface area (Å²) in [7, 11) is 1.90. The second kappa shape index (κ2) is 6.20. The van der Waals surface area contributed by atoms with Crippen LogP contribution in [0.15, 0.2) is 30.5 Å². The van der Waals surface area contributed by atoms with Crippen LogP contribution < -0.4 is 0 Å². The van der Waals surface area contributed by atoms with E-state index in [4.69, 9.17) is 23.2 Å². The van der Waals surface area contributed by atoms with Gasteiger partial charge in [0.15, 0.2) is 5.82 Å². The molecule has 0 saturated heterocycles. The van der Waals surface area contributed by atoms with Gasteiger partial charge in [-0.1, -0.05) is 35.3 Å². The molecule has 0 saturated carbocycles. The van der Waals surface area contributed by atoms with Crippen LogP contribution in [-0.4, -0.2) is 36.0 Å². The maximum atomic E-state index is 6.30. The van der Waals surface area contributed by atoms with E-state index in [1.807, 2.05) is 31.4 Å². The summed E-state index contributed by atoms with van der Waals surface area (Å²) < 4.78 is 3.91. The molecule has 0 unspecified atom stereocenters. The van der Waals surface area contributed by atoms with Gasteiger partial charge in [-0.15, -0.1) is 10.2 Å². The van der Waals surface area contributed by atoms with Crippen molar-refractivity contribution in [2.75, 3.05) is 6.54 Å². The minimum absolute atomic E-state index is 0.590.